The Balaban J connectivity index is 2.23. The van der Waals surface area contributed by atoms with E-state index >= 15 is 0 Å². The van der Waals surface area contributed by atoms with Crippen molar-refractivity contribution in [3.05, 3.63) is 69.8 Å². The van der Waals surface area contributed by atoms with Gasteiger partial charge in [0.2, 0.25) is 0 Å². The second kappa shape index (κ2) is 7.51. The molecule has 0 saturated carbocycles. The maximum absolute atomic E-state index is 11.4. The van der Waals surface area contributed by atoms with Crippen LogP contribution in [-0.2, 0) is 6.42 Å². The second-order valence-electron chi connectivity index (χ2n) is 5.26. The molecular weight excluding hydrogens is 296 g/mol. The van der Waals surface area contributed by atoms with E-state index < -0.39 is 4.92 Å². The number of carbonyl (C=O) groups excluding carboxylic acids is 1. The van der Waals surface area contributed by atoms with E-state index in [4.69, 9.17) is 0 Å². The van der Waals surface area contributed by atoms with Crippen LogP contribution in [0.4, 0.5) is 11.4 Å². The zero-order valence-electron chi connectivity index (χ0n) is 12.7. The molecule has 0 unspecified atom stereocenters. The molecule has 0 aliphatic heterocycles. The molecule has 2 aromatic carbocycles. The SMILES string of the molecule is CC(=O)c1ccc(N[C@@H](CO)Cc2ccccc2)c([N+](=O)[O-])c1. The van der Waals surface area contributed by atoms with Gasteiger partial charge in [-0.1, -0.05) is 30.3 Å². The van der Waals surface area contributed by atoms with Gasteiger partial charge in [-0.3, -0.25) is 14.9 Å². The first-order chi connectivity index (χ1) is 11.0. The lowest BCUT2D eigenvalue weighted by Crippen LogP contribution is -2.26. The number of aliphatic hydroxyl groups excluding tert-OH is 1. The number of hydrogen-bond donors (Lipinski definition) is 2. The average Bonchev–Trinajstić information content (AvgIpc) is 2.55. The van der Waals surface area contributed by atoms with Gasteiger partial charge in [0.1, 0.15) is 5.69 Å². The molecule has 0 spiro atoms. The fraction of sp³-hybridized carbons (Fsp3) is 0.235. The van der Waals surface area contributed by atoms with E-state index in [9.17, 15) is 20.0 Å². The summed E-state index contributed by atoms with van der Waals surface area (Å²) < 4.78 is 0. The van der Waals surface area contributed by atoms with Gasteiger partial charge in [0.25, 0.3) is 5.69 Å². The van der Waals surface area contributed by atoms with Crippen LogP contribution in [0.5, 0.6) is 0 Å². The van der Waals surface area contributed by atoms with Crippen LogP contribution in [0.1, 0.15) is 22.8 Å². The van der Waals surface area contributed by atoms with Gasteiger partial charge < -0.3 is 10.4 Å². The lowest BCUT2D eigenvalue weighted by molar-refractivity contribution is -0.384. The zero-order chi connectivity index (χ0) is 16.8. The molecular formula is C17H18N2O4. The number of nitro benzene ring substituents is 1. The Hall–Kier alpha value is -2.73. The molecule has 1 atom stereocenters. The first kappa shape index (κ1) is 16.6. The van der Waals surface area contributed by atoms with Gasteiger partial charge in [-0.05, 0) is 31.0 Å². The third-order valence-electron chi connectivity index (χ3n) is 3.51. The number of nitrogens with one attached hydrogen (secondary N) is 1. The highest BCUT2D eigenvalue weighted by Gasteiger charge is 2.19. The van der Waals surface area contributed by atoms with Gasteiger partial charge in [0.05, 0.1) is 17.6 Å². The fourth-order valence-electron chi connectivity index (χ4n) is 2.30. The molecule has 0 bridgehead atoms. The monoisotopic (exact) mass is 314 g/mol. The molecule has 0 saturated heterocycles. The maximum atomic E-state index is 11.4. The average molecular weight is 314 g/mol. The quantitative estimate of drug-likeness (QED) is 0.466. The Labute approximate surface area is 133 Å². The summed E-state index contributed by atoms with van der Waals surface area (Å²) in [6.07, 6.45) is 0.531. The predicted octanol–water partition coefficient (Wildman–Crippen LogP) is 2.81. The molecule has 0 radical (unpaired) electrons. The van der Waals surface area contributed by atoms with E-state index in [1.165, 1.54) is 25.1 Å². The largest absolute Gasteiger partial charge is 0.394 e. The van der Waals surface area contributed by atoms with Crippen LogP contribution >= 0.6 is 0 Å². The molecule has 0 aliphatic carbocycles. The lowest BCUT2D eigenvalue weighted by atomic mass is 10.1. The van der Waals surface area contributed by atoms with Crippen molar-refractivity contribution in [3.63, 3.8) is 0 Å². The van der Waals surface area contributed by atoms with Crippen molar-refractivity contribution in [3.8, 4) is 0 Å². The highest BCUT2D eigenvalue weighted by atomic mass is 16.6. The summed E-state index contributed by atoms with van der Waals surface area (Å²) in [5, 5.41) is 23.7. The van der Waals surface area contributed by atoms with Gasteiger partial charge in [0, 0.05) is 11.6 Å². The first-order valence-corrected chi connectivity index (χ1v) is 7.22. The number of anilines is 1. The smallest absolute Gasteiger partial charge is 0.293 e. The van der Waals surface area contributed by atoms with Crippen molar-refractivity contribution in [2.45, 2.75) is 19.4 Å². The summed E-state index contributed by atoms with van der Waals surface area (Å²) in [7, 11) is 0. The Bertz CT molecular complexity index is 701. The summed E-state index contributed by atoms with van der Waals surface area (Å²) in [6.45, 7) is 1.19. The van der Waals surface area contributed by atoms with Crippen molar-refractivity contribution >= 4 is 17.2 Å². The molecule has 6 heteroatoms. The van der Waals surface area contributed by atoms with Crippen LogP contribution in [-0.4, -0.2) is 28.5 Å². The number of hydrogen-bond acceptors (Lipinski definition) is 5. The number of carbonyl (C=O) groups is 1. The third kappa shape index (κ3) is 4.37. The molecule has 0 aromatic heterocycles. The number of rotatable bonds is 7. The molecule has 0 amide bonds. The number of aliphatic hydroxyl groups is 1. The van der Waals surface area contributed by atoms with Crippen LogP contribution in [0.3, 0.4) is 0 Å². The van der Waals surface area contributed by atoms with E-state index in [0.29, 0.717) is 6.42 Å². The molecule has 6 nitrogen and oxygen atoms in total. The fourth-order valence-corrected chi connectivity index (χ4v) is 2.30. The van der Waals surface area contributed by atoms with Crippen LogP contribution in [0.15, 0.2) is 48.5 Å². The van der Waals surface area contributed by atoms with Gasteiger partial charge in [-0.15, -0.1) is 0 Å². The Kier molecular flexibility index (Phi) is 5.43. The lowest BCUT2D eigenvalue weighted by Gasteiger charge is -2.18. The predicted molar refractivity (Wildman–Crippen MR) is 87.7 cm³/mol. The summed E-state index contributed by atoms with van der Waals surface area (Å²) in [6, 6.07) is 13.5. The van der Waals surface area contributed by atoms with Gasteiger partial charge >= 0.3 is 0 Å². The van der Waals surface area contributed by atoms with Crippen molar-refractivity contribution in [1.82, 2.24) is 0 Å². The summed E-state index contributed by atoms with van der Waals surface area (Å²) >= 11 is 0. The molecule has 2 rings (SSSR count). The van der Waals surface area contributed by atoms with Crippen LogP contribution in [0.2, 0.25) is 0 Å². The Morgan fingerprint density at radius 3 is 2.52 bits per heavy atom. The molecule has 0 aliphatic rings. The number of ketones is 1. The number of Topliss-reactive ketones (excluding diaryl/α,β-unsaturated/α-hetero) is 1. The first-order valence-electron chi connectivity index (χ1n) is 7.22. The van der Waals surface area contributed by atoms with Gasteiger partial charge in [0.15, 0.2) is 5.78 Å². The van der Waals surface area contributed by atoms with E-state index in [1.54, 1.807) is 0 Å². The minimum atomic E-state index is -0.536. The van der Waals surface area contributed by atoms with E-state index in [0.717, 1.165) is 5.56 Å². The zero-order valence-corrected chi connectivity index (χ0v) is 12.7. The Morgan fingerprint density at radius 2 is 1.96 bits per heavy atom. The number of nitro groups is 1. The van der Waals surface area contributed by atoms with Crippen LogP contribution < -0.4 is 5.32 Å². The molecule has 23 heavy (non-hydrogen) atoms. The standard InChI is InChI=1S/C17H18N2O4/c1-12(21)14-7-8-16(17(10-14)19(22)23)18-15(11-20)9-13-5-3-2-4-6-13/h2-8,10,15,18,20H,9,11H2,1H3/t15-/m1/s1. The van der Waals surface area contributed by atoms with Crippen LogP contribution in [0.25, 0.3) is 0 Å². The van der Waals surface area contributed by atoms with E-state index in [-0.39, 0.29) is 35.4 Å². The molecule has 0 fully saturated rings. The molecule has 0 heterocycles. The maximum Gasteiger partial charge on any atom is 0.293 e. The number of benzene rings is 2. The Morgan fingerprint density at radius 1 is 1.26 bits per heavy atom. The number of nitrogens with zero attached hydrogens (tertiary/aromatic N) is 1. The molecule has 2 N–H and O–H groups in total. The minimum Gasteiger partial charge on any atom is -0.394 e. The highest BCUT2D eigenvalue weighted by Crippen LogP contribution is 2.27. The van der Waals surface area contributed by atoms with E-state index in [2.05, 4.69) is 5.32 Å². The van der Waals surface area contributed by atoms with Crippen LogP contribution in [0, 0.1) is 10.1 Å². The highest BCUT2D eigenvalue weighted by molar-refractivity contribution is 5.95. The normalized spacial score (nSPS) is 11.7. The van der Waals surface area contributed by atoms with Crippen molar-refractivity contribution < 1.29 is 14.8 Å². The summed E-state index contributed by atoms with van der Waals surface area (Å²) in [5.74, 6) is -0.234. The summed E-state index contributed by atoms with van der Waals surface area (Å²) in [5.41, 5.74) is 1.41. The van der Waals surface area contributed by atoms with Gasteiger partial charge in [-0.25, -0.2) is 0 Å². The molecule has 120 valence electrons. The summed E-state index contributed by atoms with van der Waals surface area (Å²) in [4.78, 5) is 22.0. The topological polar surface area (TPSA) is 92.5 Å². The third-order valence-corrected chi connectivity index (χ3v) is 3.51. The van der Waals surface area contributed by atoms with Crippen molar-refractivity contribution in [1.29, 1.82) is 0 Å². The van der Waals surface area contributed by atoms with E-state index in [1.807, 2.05) is 30.3 Å². The van der Waals surface area contributed by atoms with Crippen molar-refractivity contribution in [2.75, 3.05) is 11.9 Å². The minimum absolute atomic E-state index is 0.166. The molecule has 2 aromatic rings. The van der Waals surface area contributed by atoms with Crippen molar-refractivity contribution in [2.24, 2.45) is 0 Å². The second-order valence-corrected chi connectivity index (χ2v) is 5.26. The van der Waals surface area contributed by atoms with Gasteiger partial charge in [-0.2, -0.15) is 0 Å².